The Morgan fingerprint density at radius 1 is 0.970 bits per heavy atom. The number of ketones is 1. The normalized spacial score (nSPS) is 10.6. The molecule has 0 aliphatic rings. The second-order valence-electron chi connectivity index (χ2n) is 7.16. The predicted molar refractivity (Wildman–Crippen MR) is 124 cm³/mol. The molecular weight excluding hydrogens is 440 g/mol. The minimum atomic E-state index is -0.566. The van der Waals surface area contributed by atoms with Gasteiger partial charge in [0.15, 0.2) is 12.4 Å². The summed E-state index contributed by atoms with van der Waals surface area (Å²) >= 11 is 1.49. The van der Waals surface area contributed by atoms with E-state index < -0.39 is 5.97 Å². The van der Waals surface area contributed by atoms with Gasteiger partial charge in [-0.05, 0) is 54.8 Å². The first-order valence-electron chi connectivity index (χ1n) is 10.1. The van der Waals surface area contributed by atoms with Crippen LogP contribution >= 0.6 is 11.3 Å². The number of rotatable bonds is 8. The van der Waals surface area contributed by atoms with Crippen molar-refractivity contribution in [2.75, 3.05) is 11.9 Å². The lowest BCUT2D eigenvalue weighted by atomic mass is 10.1. The quantitative estimate of drug-likeness (QED) is 0.296. The number of anilines is 1. The number of Topliss-reactive ketones (excluding diaryl/α,β-unsaturated/α-hetero) is 1. The van der Waals surface area contributed by atoms with E-state index >= 15 is 0 Å². The summed E-state index contributed by atoms with van der Waals surface area (Å²) in [4.78, 5) is 42.0. The van der Waals surface area contributed by atoms with E-state index in [4.69, 9.17) is 9.15 Å². The Labute approximate surface area is 194 Å². The number of thiophene rings is 1. The van der Waals surface area contributed by atoms with Gasteiger partial charge in [-0.15, -0.1) is 11.3 Å². The number of amides is 1. The van der Waals surface area contributed by atoms with E-state index in [9.17, 15) is 14.4 Å². The number of nitrogens with one attached hydrogen (secondary N) is 1. The fourth-order valence-electron chi connectivity index (χ4n) is 3.05. The average Bonchev–Trinajstić information content (AvgIpc) is 3.49. The largest absolute Gasteiger partial charge is 0.457 e. The number of nitrogens with zero attached hydrogens (tertiary/aromatic N) is 1. The molecule has 1 amide bonds. The Hall–Kier alpha value is -4.04. The Balaban J connectivity index is 1.29. The van der Waals surface area contributed by atoms with E-state index in [1.165, 1.54) is 11.3 Å². The molecule has 4 rings (SSSR count). The topological polar surface area (TPSA) is 98.5 Å². The van der Waals surface area contributed by atoms with Crippen molar-refractivity contribution in [1.29, 1.82) is 0 Å². The van der Waals surface area contributed by atoms with Crippen LogP contribution in [-0.4, -0.2) is 29.3 Å². The third kappa shape index (κ3) is 5.61. The summed E-state index contributed by atoms with van der Waals surface area (Å²) in [6.07, 6.45) is -0.0849. The maximum Gasteiger partial charge on any atom is 0.312 e. The second kappa shape index (κ2) is 10.1. The van der Waals surface area contributed by atoms with Crippen LogP contribution in [-0.2, 0) is 16.0 Å². The Kier molecular flexibility index (Phi) is 6.75. The third-order valence-electron chi connectivity index (χ3n) is 4.80. The van der Waals surface area contributed by atoms with Crippen LogP contribution in [0.1, 0.15) is 32.2 Å². The van der Waals surface area contributed by atoms with Gasteiger partial charge in [0.25, 0.3) is 5.91 Å². The van der Waals surface area contributed by atoms with E-state index in [0.29, 0.717) is 34.2 Å². The van der Waals surface area contributed by atoms with Gasteiger partial charge in [0.1, 0.15) is 5.76 Å². The van der Waals surface area contributed by atoms with Crippen LogP contribution < -0.4 is 5.32 Å². The van der Waals surface area contributed by atoms with E-state index in [-0.39, 0.29) is 24.7 Å². The van der Waals surface area contributed by atoms with Crippen LogP contribution in [0.15, 0.2) is 76.5 Å². The molecule has 166 valence electrons. The molecule has 2 aromatic heterocycles. The van der Waals surface area contributed by atoms with Gasteiger partial charge < -0.3 is 14.5 Å². The number of hydrogen-bond acceptors (Lipinski definition) is 7. The highest BCUT2D eigenvalue weighted by atomic mass is 32.1. The molecule has 0 fully saturated rings. The molecule has 0 spiro atoms. The second-order valence-corrected chi connectivity index (χ2v) is 8.11. The molecular formula is C25H20N2O5S. The zero-order valence-corrected chi connectivity index (χ0v) is 18.6. The predicted octanol–water partition coefficient (Wildman–Crippen LogP) is 4.93. The lowest BCUT2D eigenvalue weighted by Gasteiger charge is -2.07. The van der Waals surface area contributed by atoms with Crippen molar-refractivity contribution in [2.45, 2.75) is 13.3 Å². The SMILES string of the molecule is Cc1oc(-c2cccs2)nc1CC(=O)OCC(=O)c1ccc(NC(=O)c2ccccc2)cc1. The minimum Gasteiger partial charge on any atom is -0.457 e. The number of benzene rings is 2. The summed E-state index contributed by atoms with van der Waals surface area (Å²) in [6.45, 7) is 1.35. The highest BCUT2D eigenvalue weighted by Crippen LogP contribution is 2.26. The Morgan fingerprint density at radius 3 is 2.42 bits per heavy atom. The Morgan fingerprint density at radius 2 is 1.73 bits per heavy atom. The molecule has 0 aliphatic heterocycles. The van der Waals surface area contributed by atoms with E-state index in [2.05, 4.69) is 10.3 Å². The van der Waals surface area contributed by atoms with Crippen molar-refractivity contribution in [3.63, 3.8) is 0 Å². The monoisotopic (exact) mass is 460 g/mol. The number of carbonyl (C=O) groups is 3. The smallest absolute Gasteiger partial charge is 0.312 e. The van der Waals surface area contributed by atoms with Crippen molar-refractivity contribution < 1.29 is 23.5 Å². The van der Waals surface area contributed by atoms with Crippen LogP contribution in [0, 0.1) is 6.92 Å². The molecule has 8 heteroatoms. The minimum absolute atomic E-state index is 0.0849. The first kappa shape index (κ1) is 22.2. The number of carbonyl (C=O) groups excluding carboxylic acids is 3. The highest BCUT2D eigenvalue weighted by Gasteiger charge is 2.17. The molecule has 0 aliphatic carbocycles. The fraction of sp³-hybridized carbons (Fsp3) is 0.120. The number of oxazole rings is 1. The van der Waals surface area contributed by atoms with Crippen molar-refractivity contribution in [2.24, 2.45) is 0 Å². The van der Waals surface area contributed by atoms with Crippen molar-refractivity contribution in [3.05, 3.63) is 94.7 Å². The molecule has 0 radical (unpaired) electrons. The number of ether oxygens (including phenoxy) is 1. The van der Waals surface area contributed by atoms with Crippen molar-refractivity contribution in [1.82, 2.24) is 4.98 Å². The number of esters is 1. The van der Waals surface area contributed by atoms with E-state index in [1.54, 1.807) is 55.5 Å². The first-order chi connectivity index (χ1) is 16.0. The van der Waals surface area contributed by atoms with Gasteiger partial charge in [-0.2, -0.15) is 0 Å². The molecule has 0 saturated heterocycles. The summed E-state index contributed by atoms with van der Waals surface area (Å²) in [7, 11) is 0. The maximum atomic E-state index is 12.4. The van der Waals surface area contributed by atoms with Gasteiger partial charge in [0, 0.05) is 16.8 Å². The van der Waals surface area contributed by atoms with Crippen LogP contribution in [0.4, 0.5) is 5.69 Å². The highest BCUT2D eigenvalue weighted by molar-refractivity contribution is 7.13. The standard InChI is InChI=1S/C25H20N2O5S/c1-16-20(27-25(32-16)22-8-5-13-33-22)14-23(29)31-15-21(28)17-9-11-19(12-10-17)26-24(30)18-6-3-2-4-7-18/h2-13H,14-15H2,1H3,(H,26,30). The zero-order chi connectivity index (χ0) is 23.2. The van der Waals surface area contributed by atoms with Gasteiger partial charge in [0.05, 0.1) is 17.0 Å². The Bertz CT molecular complexity index is 1260. The summed E-state index contributed by atoms with van der Waals surface area (Å²) < 4.78 is 10.7. The number of aryl methyl sites for hydroxylation is 1. The molecule has 2 heterocycles. The number of aromatic nitrogens is 1. The molecule has 1 N–H and O–H groups in total. The summed E-state index contributed by atoms with van der Waals surface area (Å²) in [5.41, 5.74) is 1.95. The van der Waals surface area contributed by atoms with Gasteiger partial charge in [-0.3, -0.25) is 14.4 Å². The van der Waals surface area contributed by atoms with E-state index in [0.717, 1.165) is 4.88 Å². The number of hydrogen-bond donors (Lipinski definition) is 1. The van der Waals surface area contributed by atoms with E-state index in [1.807, 2.05) is 23.6 Å². The third-order valence-corrected chi connectivity index (χ3v) is 5.66. The lowest BCUT2D eigenvalue weighted by Crippen LogP contribution is -2.16. The van der Waals surface area contributed by atoms with Crippen molar-refractivity contribution >= 4 is 34.7 Å². The lowest BCUT2D eigenvalue weighted by molar-refractivity contribution is -0.141. The molecule has 0 atom stereocenters. The summed E-state index contributed by atoms with van der Waals surface area (Å²) in [6, 6.07) is 19.0. The molecule has 0 bridgehead atoms. The molecule has 0 unspecified atom stereocenters. The molecule has 7 nitrogen and oxygen atoms in total. The molecule has 0 saturated carbocycles. The molecule has 4 aromatic rings. The molecule has 33 heavy (non-hydrogen) atoms. The average molecular weight is 461 g/mol. The van der Waals surface area contributed by atoms with Crippen LogP contribution in [0.5, 0.6) is 0 Å². The van der Waals surface area contributed by atoms with Crippen LogP contribution in [0.2, 0.25) is 0 Å². The summed E-state index contributed by atoms with van der Waals surface area (Å²) in [5.74, 6) is -0.158. The van der Waals surface area contributed by atoms with Crippen molar-refractivity contribution in [3.8, 4) is 10.8 Å². The van der Waals surface area contributed by atoms with Gasteiger partial charge in [0.2, 0.25) is 5.89 Å². The van der Waals surface area contributed by atoms with Crippen LogP contribution in [0.25, 0.3) is 10.8 Å². The fourth-order valence-corrected chi connectivity index (χ4v) is 3.70. The molecule has 2 aromatic carbocycles. The zero-order valence-electron chi connectivity index (χ0n) is 17.7. The summed E-state index contributed by atoms with van der Waals surface area (Å²) in [5, 5.41) is 4.68. The van der Waals surface area contributed by atoms with Gasteiger partial charge >= 0.3 is 5.97 Å². The van der Waals surface area contributed by atoms with Gasteiger partial charge in [-0.1, -0.05) is 24.3 Å². The van der Waals surface area contributed by atoms with Gasteiger partial charge in [-0.25, -0.2) is 4.98 Å². The maximum absolute atomic E-state index is 12.4. The first-order valence-corrected chi connectivity index (χ1v) is 11.0. The van der Waals surface area contributed by atoms with Crippen LogP contribution in [0.3, 0.4) is 0 Å².